The molecule has 0 aliphatic rings. The molecule has 0 unspecified atom stereocenters. The van der Waals surface area contributed by atoms with Crippen molar-refractivity contribution in [2.45, 2.75) is 6.92 Å². The molecule has 0 aliphatic heterocycles. The van der Waals surface area contributed by atoms with E-state index in [0.29, 0.717) is 16.8 Å². The third-order valence-electron chi connectivity index (χ3n) is 3.73. The molecule has 0 fully saturated rings. The van der Waals surface area contributed by atoms with E-state index in [0.717, 1.165) is 11.4 Å². The first-order chi connectivity index (χ1) is 11.5. The standard InChI is InChI=1S/C19H17N3O2/c1-13(23)14-5-4-8-17(12-14)21-19(24)16-7-3-6-15(11-16)18-20-9-10-22(18)2/h3-12H,1-2H3,(H,21,24). The van der Waals surface area contributed by atoms with Crippen molar-refractivity contribution in [2.24, 2.45) is 7.05 Å². The van der Waals surface area contributed by atoms with Crippen molar-refractivity contribution in [2.75, 3.05) is 5.32 Å². The summed E-state index contributed by atoms with van der Waals surface area (Å²) in [5, 5.41) is 2.82. The number of ketones is 1. The highest BCUT2D eigenvalue weighted by atomic mass is 16.1. The van der Waals surface area contributed by atoms with E-state index in [1.165, 1.54) is 6.92 Å². The summed E-state index contributed by atoms with van der Waals surface area (Å²) < 4.78 is 1.90. The Morgan fingerprint density at radius 2 is 1.79 bits per heavy atom. The molecule has 2 aromatic carbocycles. The molecule has 1 heterocycles. The number of aryl methyl sites for hydroxylation is 1. The number of amides is 1. The minimum atomic E-state index is -0.230. The Bertz CT molecular complexity index is 912. The molecule has 5 nitrogen and oxygen atoms in total. The quantitative estimate of drug-likeness (QED) is 0.748. The first kappa shape index (κ1) is 15.7. The van der Waals surface area contributed by atoms with Crippen LogP contribution in [0.5, 0.6) is 0 Å². The van der Waals surface area contributed by atoms with Gasteiger partial charge in [0.05, 0.1) is 0 Å². The van der Waals surface area contributed by atoms with Gasteiger partial charge in [-0.05, 0) is 31.2 Å². The fourth-order valence-electron chi connectivity index (χ4n) is 2.46. The van der Waals surface area contributed by atoms with Gasteiger partial charge in [0.2, 0.25) is 0 Å². The highest BCUT2D eigenvalue weighted by Gasteiger charge is 2.10. The molecular weight excluding hydrogens is 302 g/mol. The van der Waals surface area contributed by atoms with Gasteiger partial charge in [0.15, 0.2) is 5.78 Å². The maximum absolute atomic E-state index is 12.5. The molecule has 1 N–H and O–H groups in total. The summed E-state index contributed by atoms with van der Waals surface area (Å²) in [6, 6.07) is 14.2. The zero-order chi connectivity index (χ0) is 17.1. The summed E-state index contributed by atoms with van der Waals surface area (Å²) in [5.41, 5.74) is 2.56. The highest BCUT2D eigenvalue weighted by molar-refractivity contribution is 6.05. The predicted molar refractivity (Wildman–Crippen MR) is 93.0 cm³/mol. The fourth-order valence-corrected chi connectivity index (χ4v) is 2.46. The second-order valence-electron chi connectivity index (χ2n) is 5.53. The number of imidazole rings is 1. The summed E-state index contributed by atoms with van der Waals surface area (Å²) in [6.07, 6.45) is 3.57. The summed E-state index contributed by atoms with van der Waals surface area (Å²) in [5.74, 6) is 0.526. The molecule has 0 spiro atoms. The van der Waals surface area contributed by atoms with Crippen LogP contribution in [0.25, 0.3) is 11.4 Å². The summed E-state index contributed by atoms with van der Waals surface area (Å²) in [4.78, 5) is 28.2. The summed E-state index contributed by atoms with van der Waals surface area (Å²) in [7, 11) is 1.91. The second kappa shape index (κ2) is 6.50. The third-order valence-corrected chi connectivity index (χ3v) is 3.73. The first-order valence-corrected chi connectivity index (χ1v) is 7.55. The zero-order valence-corrected chi connectivity index (χ0v) is 13.5. The molecule has 24 heavy (non-hydrogen) atoms. The molecule has 0 atom stereocenters. The van der Waals surface area contributed by atoms with E-state index in [2.05, 4.69) is 10.3 Å². The van der Waals surface area contributed by atoms with E-state index < -0.39 is 0 Å². The maximum atomic E-state index is 12.5. The van der Waals surface area contributed by atoms with Crippen LogP contribution >= 0.6 is 0 Å². The van der Waals surface area contributed by atoms with Crippen LogP contribution in [0.2, 0.25) is 0 Å². The number of rotatable bonds is 4. The number of carbonyl (C=O) groups excluding carboxylic acids is 2. The monoisotopic (exact) mass is 319 g/mol. The SMILES string of the molecule is CC(=O)c1cccc(NC(=O)c2cccc(-c3nccn3C)c2)c1. The Morgan fingerprint density at radius 3 is 2.50 bits per heavy atom. The van der Waals surface area contributed by atoms with Crippen LogP contribution in [0, 0.1) is 0 Å². The van der Waals surface area contributed by atoms with Crippen LogP contribution in [-0.4, -0.2) is 21.2 Å². The van der Waals surface area contributed by atoms with E-state index in [4.69, 9.17) is 0 Å². The minimum Gasteiger partial charge on any atom is -0.334 e. The Kier molecular flexibility index (Phi) is 4.24. The van der Waals surface area contributed by atoms with Gasteiger partial charge >= 0.3 is 0 Å². The molecule has 0 radical (unpaired) electrons. The lowest BCUT2D eigenvalue weighted by atomic mass is 10.1. The van der Waals surface area contributed by atoms with Gasteiger partial charge < -0.3 is 9.88 Å². The third kappa shape index (κ3) is 3.25. The molecule has 120 valence electrons. The van der Waals surface area contributed by atoms with Gasteiger partial charge in [0.25, 0.3) is 5.91 Å². The predicted octanol–water partition coefficient (Wildman–Crippen LogP) is 3.54. The minimum absolute atomic E-state index is 0.0390. The Hall–Kier alpha value is -3.21. The molecule has 3 rings (SSSR count). The number of nitrogens with zero attached hydrogens (tertiary/aromatic N) is 2. The lowest BCUT2D eigenvalue weighted by molar-refractivity contribution is 0.101. The molecule has 1 aromatic heterocycles. The summed E-state index contributed by atoms with van der Waals surface area (Å²) >= 11 is 0. The fraction of sp³-hybridized carbons (Fsp3) is 0.105. The van der Waals surface area contributed by atoms with E-state index in [1.54, 1.807) is 42.6 Å². The maximum Gasteiger partial charge on any atom is 0.255 e. The lowest BCUT2D eigenvalue weighted by Gasteiger charge is -2.08. The first-order valence-electron chi connectivity index (χ1n) is 7.55. The second-order valence-corrected chi connectivity index (χ2v) is 5.53. The lowest BCUT2D eigenvalue weighted by Crippen LogP contribution is -2.12. The van der Waals surface area contributed by atoms with Gasteiger partial charge in [-0.15, -0.1) is 0 Å². The molecule has 3 aromatic rings. The number of anilines is 1. The molecule has 5 heteroatoms. The van der Waals surface area contributed by atoms with Crippen molar-refractivity contribution in [1.29, 1.82) is 0 Å². The normalized spacial score (nSPS) is 10.4. The summed E-state index contributed by atoms with van der Waals surface area (Å²) in [6.45, 7) is 1.50. The van der Waals surface area contributed by atoms with Crippen molar-refractivity contribution in [1.82, 2.24) is 9.55 Å². The van der Waals surface area contributed by atoms with Crippen LogP contribution in [-0.2, 0) is 7.05 Å². The number of hydrogen-bond donors (Lipinski definition) is 1. The van der Waals surface area contributed by atoms with E-state index >= 15 is 0 Å². The number of Topliss-reactive ketones (excluding diaryl/α,β-unsaturated/α-hetero) is 1. The van der Waals surface area contributed by atoms with Crippen LogP contribution in [0.4, 0.5) is 5.69 Å². The van der Waals surface area contributed by atoms with Gasteiger partial charge in [-0.2, -0.15) is 0 Å². The van der Waals surface area contributed by atoms with E-state index in [9.17, 15) is 9.59 Å². The van der Waals surface area contributed by atoms with Crippen molar-refractivity contribution in [3.05, 3.63) is 72.1 Å². The highest BCUT2D eigenvalue weighted by Crippen LogP contribution is 2.19. The average Bonchev–Trinajstić information content (AvgIpc) is 3.01. The van der Waals surface area contributed by atoms with Gasteiger partial charge in [0.1, 0.15) is 5.82 Å². The molecule has 0 saturated heterocycles. The molecule has 0 bridgehead atoms. The van der Waals surface area contributed by atoms with Crippen molar-refractivity contribution in [3.63, 3.8) is 0 Å². The Balaban J connectivity index is 1.84. The van der Waals surface area contributed by atoms with Crippen molar-refractivity contribution in [3.8, 4) is 11.4 Å². The number of aromatic nitrogens is 2. The van der Waals surface area contributed by atoms with Gasteiger partial charge in [0, 0.05) is 41.8 Å². The van der Waals surface area contributed by atoms with E-state index in [-0.39, 0.29) is 11.7 Å². The Morgan fingerprint density at radius 1 is 1.04 bits per heavy atom. The van der Waals surface area contributed by atoms with Gasteiger partial charge in [-0.25, -0.2) is 4.98 Å². The van der Waals surface area contributed by atoms with Crippen LogP contribution in [0.3, 0.4) is 0 Å². The molecular formula is C19H17N3O2. The average molecular weight is 319 g/mol. The smallest absolute Gasteiger partial charge is 0.255 e. The van der Waals surface area contributed by atoms with Gasteiger partial charge in [-0.3, -0.25) is 9.59 Å². The number of hydrogen-bond acceptors (Lipinski definition) is 3. The van der Waals surface area contributed by atoms with Crippen molar-refractivity contribution >= 4 is 17.4 Å². The number of benzene rings is 2. The largest absolute Gasteiger partial charge is 0.334 e. The van der Waals surface area contributed by atoms with Crippen LogP contribution < -0.4 is 5.32 Å². The van der Waals surface area contributed by atoms with Crippen LogP contribution in [0.1, 0.15) is 27.6 Å². The van der Waals surface area contributed by atoms with Crippen molar-refractivity contribution < 1.29 is 9.59 Å². The zero-order valence-electron chi connectivity index (χ0n) is 13.5. The topological polar surface area (TPSA) is 64.0 Å². The molecule has 0 aliphatic carbocycles. The van der Waals surface area contributed by atoms with Crippen LogP contribution in [0.15, 0.2) is 60.9 Å². The van der Waals surface area contributed by atoms with Gasteiger partial charge in [-0.1, -0.05) is 24.3 Å². The van der Waals surface area contributed by atoms with E-state index in [1.807, 2.05) is 29.9 Å². The Labute approximate surface area is 140 Å². The molecule has 1 amide bonds. The number of nitrogens with one attached hydrogen (secondary N) is 1. The number of carbonyl (C=O) groups is 2. The molecule has 0 saturated carbocycles.